The van der Waals surface area contributed by atoms with Gasteiger partial charge in [0, 0.05) is 19.0 Å². The molecule has 9 heteroatoms. The van der Waals surface area contributed by atoms with Crippen molar-refractivity contribution in [2.45, 2.75) is 52.6 Å². The molecular formula is C28H37N3O6. The van der Waals surface area contributed by atoms with Gasteiger partial charge in [-0.3, -0.25) is 14.4 Å². The minimum absolute atomic E-state index is 0.193. The van der Waals surface area contributed by atoms with E-state index in [1.54, 1.807) is 34.3 Å². The molecule has 1 aliphatic rings. The van der Waals surface area contributed by atoms with Gasteiger partial charge in [-0.15, -0.1) is 0 Å². The Bertz CT molecular complexity index is 1230. The number of ether oxygens (including phenoxy) is 3. The zero-order chi connectivity index (χ0) is 27.3. The van der Waals surface area contributed by atoms with Crippen molar-refractivity contribution in [3.8, 4) is 28.4 Å². The Morgan fingerprint density at radius 3 is 2.32 bits per heavy atom. The molecule has 0 aliphatic heterocycles. The van der Waals surface area contributed by atoms with E-state index >= 15 is 0 Å². The lowest BCUT2D eigenvalue weighted by Gasteiger charge is -2.19. The number of hydrogen-bond donors (Lipinski definition) is 3. The number of amides is 2. The molecule has 2 aromatic rings. The van der Waals surface area contributed by atoms with Gasteiger partial charge in [-0.2, -0.15) is 0 Å². The smallest absolute Gasteiger partial charge is 0.242 e. The summed E-state index contributed by atoms with van der Waals surface area (Å²) < 4.78 is 17.0. The Morgan fingerprint density at radius 1 is 1.03 bits per heavy atom. The summed E-state index contributed by atoms with van der Waals surface area (Å²) in [5.41, 5.74) is 3.09. The highest BCUT2D eigenvalue weighted by Crippen LogP contribution is 2.50. The van der Waals surface area contributed by atoms with Crippen LogP contribution in [-0.4, -0.2) is 45.7 Å². The first-order chi connectivity index (χ1) is 17.6. The average molecular weight is 512 g/mol. The molecule has 37 heavy (non-hydrogen) atoms. The maximum absolute atomic E-state index is 13.4. The molecular weight excluding hydrogens is 474 g/mol. The van der Waals surface area contributed by atoms with Crippen molar-refractivity contribution in [2.75, 3.05) is 33.2 Å². The Balaban J connectivity index is 2.19. The van der Waals surface area contributed by atoms with Gasteiger partial charge in [0.1, 0.15) is 6.04 Å². The molecule has 2 amide bonds. The Morgan fingerprint density at radius 2 is 1.73 bits per heavy atom. The monoisotopic (exact) mass is 511 g/mol. The van der Waals surface area contributed by atoms with Crippen molar-refractivity contribution in [1.29, 1.82) is 0 Å². The van der Waals surface area contributed by atoms with Crippen LogP contribution in [0.1, 0.15) is 51.3 Å². The fourth-order valence-corrected chi connectivity index (χ4v) is 4.58. The van der Waals surface area contributed by atoms with Gasteiger partial charge in [0.25, 0.3) is 0 Å². The lowest BCUT2D eigenvalue weighted by atomic mass is 9.95. The third-order valence-corrected chi connectivity index (χ3v) is 6.37. The van der Waals surface area contributed by atoms with Crippen LogP contribution in [0.2, 0.25) is 0 Å². The number of benzene rings is 1. The molecule has 1 aliphatic carbocycles. The van der Waals surface area contributed by atoms with Gasteiger partial charge in [-0.25, -0.2) is 0 Å². The predicted octanol–water partition coefficient (Wildman–Crippen LogP) is 3.44. The largest absolute Gasteiger partial charge is 0.493 e. The minimum atomic E-state index is -0.619. The molecule has 0 bridgehead atoms. The standard InChI is InChI=1S/C28H37N3O6/c1-15(2)14-29-28(34)16(3)30-22-11-9-19-20(13-23(22)33)21(31-17(4)32)10-8-18-12-24(35-5)26(36-6)27(37-7)25(18)19/h9,11-13,15-16,21H,8,10,14H2,1-7H3,(H,29,34)(H,30,33)(H,31,32)/t16-,21+/m0/s1. The Kier molecular flexibility index (Phi) is 9.02. The first-order valence-electron chi connectivity index (χ1n) is 12.4. The number of rotatable bonds is 9. The lowest BCUT2D eigenvalue weighted by Crippen LogP contribution is -2.39. The molecule has 0 unspecified atom stereocenters. The van der Waals surface area contributed by atoms with E-state index in [2.05, 4.69) is 16.0 Å². The summed E-state index contributed by atoms with van der Waals surface area (Å²) in [6, 6.07) is 5.91. The lowest BCUT2D eigenvalue weighted by molar-refractivity contribution is -0.121. The second kappa shape index (κ2) is 12.0. The molecule has 0 radical (unpaired) electrons. The number of carbonyl (C=O) groups is 2. The fraction of sp³-hybridized carbons (Fsp3) is 0.464. The quantitative estimate of drug-likeness (QED) is 0.472. The van der Waals surface area contributed by atoms with Crippen molar-refractivity contribution in [3.63, 3.8) is 0 Å². The maximum Gasteiger partial charge on any atom is 0.242 e. The van der Waals surface area contributed by atoms with E-state index in [4.69, 9.17) is 14.2 Å². The summed E-state index contributed by atoms with van der Waals surface area (Å²) in [4.78, 5) is 38.0. The Labute approximate surface area is 217 Å². The Hall–Kier alpha value is -3.75. The van der Waals surface area contributed by atoms with Crippen LogP contribution in [0.15, 0.2) is 29.1 Å². The highest BCUT2D eigenvalue weighted by molar-refractivity contribution is 5.85. The molecule has 3 N–H and O–H groups in total. The predicted molar refractivity (Wildman–Crippen MR) is 144 cm³/mol. The van der Waals surface area contributed by atoms with E-state index in [1.807, 2.05) is 26.0 Å². The van der Waals surface area contributed by atoms with E-state index < -0.39 is 12.1 Å². The summed E-state index contributed by atoms with van der Waals surface area (Å²) in [7, 11) is 4.66. The summed E-state index contributed by atoms with van der Waals surface area (Å²) in [5, 5.41) is 8.92. The number of aryl methyl sites for hydroxylation is 1. The number of hydrogen-bond acceptors (Lipinski definition) is 7. The van der Waals surface area contributed by atoms with E-state index in [0.29, 0.717) is 48.1 Å². The summed E-state index contributed by atoms with van der Waals surface area (Å²) in [5.74, 6) is 1.38. The number of fused-ring (bicyclic) bond motifs is 3. The molecule has 0 saturated carbocycles. The average Bonchev–Trinajstić information content (AvgIpc) is 3.10. The molecule has 2 atom stereocenters. The van der Waals surface area contributed by atoms with Crippen LogP contribution < -0.4 is 35.6 Å². The molecule has 200 valence electrons. The zero-order valence-corrected chi connectivity index (χ0v) is 22.6. The van der Waals surface area contributed by atoms with Gasteiger partial charge >= 0.3 is 0 Å². The highest BCUT2D eigenvalue weighted by Gasteiger charge is 2.29. The van der Waals surface area contributed by atoms with Gasteiger partial charge in [-0.05, 0) is 60.6 Å². The molecule has 2 aromatic carbocycles. The van der Waals surface area contributed by atoms with Crippen LogP contribution in [0.4, 0.5) is 5.69 Å². The molecule has 0 aromatic heterocycles. The molecule has 9 nitrogen and oxygen atoms in total. The van der Waals surface area contributed by atoms with Crippen LogP contribution in [0.25, 0.3) is 11.1 Å². The maximum atomic E-state index is 13.4. The third kappa shape index (κ3) is 6.15. The van der Waals surface area contributed by atoms with Gasteiger partial charge < -0.3 is 30.2 Å². The van der Waals surface area contributed by atoms with Gasteiger partial charge in [0.05, 0.1) is 33.1 Å². The first kappa shape index (κ1) is 27.8. The SMILES string of the molecule is COc1cc2c(c(OC)c1OC)-c1ccc(N[C@@H](C)C(=O)NCC(C)C)c(=O)cc1[C@H](NC(C)=O)CC2. The van der Waals surface area contributed by atoms with Crippen molar-refractivity contribution in [2.24, 2.45) is 5.92 Å². The molecule has 0 heterocycles. The van der Waals surface area contributed by atoms with E-state index in [0.717, 1.165) is 16.7 Å². The van der Waals surface area contributed by atoms with Crippen molar-refractivity contribution >= 4 is 17.5 Å². The minimum Gasteiger partial charge on any atom is -0.493 e. The van der Waals surface area contributed by atoms with E-state index in [1.165, 1.54) is 13.0 Å². The summed E-state index contributed by atoms with van der Waals surface area (Å²) in [6.45, 7) is 7.74. The number of carbonyl (C=O) groups excluding carboxylic acids is 2. The van der Waals surface area contributed by atoms with Gasteiger partial charge in [0.2, 0.25) is 23.0 Å². The second-order valence-corrected chi connectivity index (χ2v) is 9.60. The zero-order valence-electron chi connectivity index (χ0n) is 22.6. The third-order valence-electron chi connectivity index (χ3n) is 6.37. The van der Waals surface area contributed by atoms with Crippen molar-refractivity contribution < 1.29 is 23.8 Å². The van der Waals surface area contributed by atoms with Crippen LogP contribution >= 0.6 is 0 Å². The number of methoxy groups -OCH3 is 3. The second-order valence-electron chi connectivity index (χ2n) is 9.60. The van der Waals surface area contributed by atoms with Gasteiger partial charge in [-0.1, -0.05) is 19.9 Å². The first-order valence-corrected chi connectivity index (χ1v) is 12.4. The molecule has 0 fully saturated rings. The van der Waals surface area contributed by atoms with Crippen LogP contribution in [0, 0.1) is 5.92 Å². The summed E-state index contributed by atoms with van der Waals surface area (Å²) in [6.07, 6.45) is 1.18. The topological polar surface area (TPSA) is 115 Å². The van der Waals surface area contributed by atoms with Crippen LogP contribution in [0.3, 0.4) is 0 Å². The number of nitrogens with one attached hydrogen (secondary N) is 3. The highest BCUT2D eigenvalue weighted by atomic mass is 16.5. The summed E-state index contributed by atoms with van der Waals surface area (Å²) >= 11 is 0. The fourth-order valence-electron chi connectivity index (χ4n) is 4.58. The van der Waals surface area contributed by atoms with Crippen molar-refractivity contribution in [3.05, 3.63) is 45.6 Å². The number of anilines is 1. The van der Waals surface area contributed by atoms with Crippen LogP contribution in [-0.2, 0) is 16.0 Å². The van der Waals surface area contributed by atoms with Gasteiger partial charge in [0.15, 0.2) is 11.5 Å². The molecule has 0 spiro atoms. The van der Waals surface area contributed by atoms with Crippen molar-refractivity contribution in [1.82, 2.24) is 10.6 Å². The van der Waals surface area contributed by atoms with Crippen LogP contribution in [0.5, 0.6) is 17.2 Å². The molecule has 3 rings (SSSR count). The normalized spacial score (nSPS) is 15.0. The van der Waals surface area contributed by atoms with E-state index in [-0.39, 0.29) is 22.9 Å². The van der Waals surface area contributed by atoms with E-state index in [9.17, 15) is 14.4 Å². The molecule has 0 saturated heterocycles.